The maximum absolute atomic E-state index is 12.8. The molecule has 0 bridgehead atoms. The summed E-state index contributed by atoms with van der Waals surface area (Å²) in [6, 6.07) is 4.06. The monoisotopic (exact) mass is 445 g/mol. The number of methoxy groups -OCH3 is 2. The number of aliphatic imine (C=N–C) groups is 1. The lowest BCUT2D eigenvalue weighted by Crippen LogP contribution is -2.49. The zero-order valence-corrected chi connectivity index (χ0v) is 19.0. The van der Waals surface area contributed by atoms with E-state index in [1.807, 2.05) is 19.1 Å². The minimum Gasteiger partial charge on any atom is -0.493 e. The summed E-state index contributed by atoms with van der Waals surface area (Å²) in [7, 11) is 3.27. The van der Waals surface area contributed by atoms with Crippen LogP contribution in [0.4, 0.5) is 0 Å². The van der Waals surface area contributed by atoms with E-state index in [-0.39, 0.29) is 17.3 Å². The topological polar surface area (TPSA) is 89.5 Å². The van der Waals surface area contributed by atoms with E-state index in [2.05, 4.69) is 10.2 Å². The summed E-state index contributed by atoms with van der Waals surface area (Å²) in [5.74, 6) is 1.18. The molecule has 3 aliphatic heterocycles. The lowest BCUT2D eigenvalue weighted by molar-refractivity contribution is -0.137. The minimum absolute atomic E-state index is 0.108. The van der Waals surface area contributed by atoms with Crippen molar-refractivity contribution in [2.24, 2.45) is 10.9 Å². The molecule has 0 radical (unpaired) electrons. The van der Waals surface area contributed by atoms with Gasteiger partial charge in [0.2, 0.25) is 5.91 Å². The predicted octanol–water partition coefficient (Wildman–Crippen LogP) is 2.12. The molecular formula is C22H27N3O5S. The Kier molecular flexibility index (Phi) is 6.24. The second kappa shape index (κ2) is 8.92. The molecule has 8 nitrogen and oxygen atoms in total. The Labute approximate surface area is 186 Å². The van der Waals surface area contributed by atoms with E-state index in [4.69, 9.17) is 19.2 Å². The molecule has 1 amide bonds. The molecule has 3 aliphatic rings. The SMILES string of the molecule is CCOC(=O)C1=C(C)C2C(=O)NC(CN3CCc4cc(OC)c(OC)cc4C3)=NC2S1. The number of ether oxygens (including phenoxy) is 3. The van der Waals surface area contributed by atoms with E-state index in [9.17, 15) is 9.59 Å². The smallest absolute Gasteiger partial charge is 0.344 e. The quantitative estimate of drug-likeness (QED) is 0.671. The van der Waals surface area contributed by atoms with Gasteiger partial charge in [-0.1, -0.05) is 11.8 Å². The molecule has 166 valence electrons. The maximum Gasteiger partial charge on any atom is 0.344 e. The number of amidine groups is 1. The van der Waals surface area contributed by atoms with Gasteiger partial charge in [0, 0.05) is 13.1 Å². The molecule has 9 heteroatoms. The van der Waals surface area contributed by atoms with Gasteiger partial charge >= 0.3 is 5.97 Å². The summed E-state index contributed by atoms with van der Waals surface area (Å²) in [6.45, 7) is 6.01. The molecule has 1 aromatic carbocycles. The second-order valence-electron chi connectivity index (χ2n) is 7.72. The molecule has 0 aromatic heterocycles. The Morgan fingerprint density at radius 3 is 2.65 bits per heavy atom. The van der Waals surface area contributed by atoms with Crippen LogP contribution in [0, 0.1) is 5.92 Å². The van der Waals surface area contributed by atoms with Crippen molar-refractivity contribution in [3.63, 3.8) is 0 Å². The first kappa shape index (κ1) is 21.7. The number of nitrogens with one attached hydrogen (secondary N) is 1. The Morgan fingerprint density at radius 1 is 1.26 bits per heavy atom. The van der Waals surface area contributed by atoms with Crippen LogP contribution in [0.25, 0.3) is 0 Å². The molecule has 2 unspecified atom stereocenters. The van der Waals surface area contributed by atoms with E-state index in [0.717, 1.165) is 30.8 Å². The number of hydrogen-bond acceptors (Lipinski definition) is 8. The van der Waals surface area contributed by atoms with Crippen molar-refractivity contribution in [3.05, 3.63) is 33.7 Å². The summed E-state index contributed by atoms with van der Waals surface area (Å²) < 4.78 is 16.0. The van der Waals surface area contributed by atoms with E-state index in [1.54, 1.807) is 21.1 Å². The highest BCUT2D eigenvalue weighted by Gasteiger charge is 2.44. The summed E-state index contributed by atoms with van der Waals surface area (Å²) in [4.78, 5) is 32.5. The highest BCUT2D eigenvalue weighted by molar-refractivity contribution is 8.04. The maximum atomic E-state index is 12.8. The molecule has 0 saturated carbocycles. The molecule has 0 spiro atoms. The largest absolute Gasteiger partial charge is 0.493 e. The average molecular weight is 446 g/mol. The van der Waals surface area contributed by atoms with Crippen molar-refractivity contribution in [2.75, 3.05) is 33.9 Å². The Morgan fingerprint density at radius 2 is 1.97 bits per heavy atom. The van der Waals surface area contributed by atoms with Crippen LogP contribution in [0.15, 0.2) is 27.6 Å². The van der Waals surface area contributed by atoms with Crippen LogP contribution in [0.1, 0.15) is 25.0 Å². The van der Waals surface area contributed by atoms with Crippen LogP contribution >= 0.6 is 11.8 Å². The van der Waals surface area contributed by atoms with Crippen LogP contribution in [-0.4, -0.2) is 61.9 Å². The first-order chi connectivity index (χ1) is 14.9. The molecule has 31 heavy (non-hydrogen) atoms. The highest BCUT2D eigenvalue weighted by atomic mass is 32.2. The first-order valence-corrected chi connectivity index (χ1v) is 11.2. The van der Waals surface area contributed by atoms with Gasteiger partial charge in [-0.3, -0.25) is 14.7 Å². The van der Waals surface area contributed by atoms with Crippen molar-refractivity contribution < 1.29 is 23.8 Å². The van der Waals surface area contributed by atoms with Crippen molar-refractivity contribution >= 4 is 29.5 Å². The molecule has 0 aliphatic carbocycles. The normalized spacial score (nSPS) is 23.0. The molecule has 0 fully saturated rings. The van der Waals surface area contributed by atoms with Crippen LogP contribution < -0.4 is 14.8 Å². The van der Waals surface area contributed by atoms with Crippen LogP contribution in [-0.2, 0) is 27.3 Å². The Balaban J connectivity index is 1.47. The summed E-state index contributed by atoms with van der Waals surface area (Å²) in [5, 5.41) is 2.63. The molecule has 2 atom stereocenters. The number of benzene rings is 1. The third-order valence-corrected chi connectivity index (χ3v) is 7.16. The summed E-state index contributed by atoms with van der Waals surface area (Å²) in [6.07, 6.45) is 0.880. The first-order valence-electron chi connectivity index (χ1n) is 10.3. The van der Waals surface area contributed by atoms with Gasteiger partial charge in [0.1, 0.15) is 11.2 Å². The number of fused-ring (bicyclic) bond motifs is 2. The summed E-state index contributed by atoms with van der Waals surface area (Å²) in [5.41, 5.74) is 3.16. The molecule has 4 rings (SSSR count). The van der Waals surface area contributed by atoms with Crippen LogP contribution in [0.3, 0.4) is 0 Å². The number of thioether (sulfide) groups is 1. The van der Waals surface area contributed by atoms with Gasteiger partial charge in [-0.15, -0.1) is 0 Å². The molecule has 1 aromatic rings. The van der Waals surface area contributed by atoms with Crippen molar-refractivity contribution in [2.45, 2.75) is 32.2 Å². The second-order valence-corrected chi connectivity index (χ2v) is 8.85. The fourth-order valence-corrected chi connectivity index (χ4v) is 5.60. The lowest BCUT2D eigenvalue weighted by atomic mass is 9.97. The number of nitrogens with zero attached hydrogens (tertiary/aromatic N) is 2. The predicted molar refractivity (Wildman–Crippen MR) is 118 cm³/mol. The Bertz CT molecular complexity index is 974. The number of carbonyl (C=O) groups is 2. The van der Waals surface area contributed by atoms with Gasteiger partial charge in [-0.05, 0) is 49.1 Å². The number of rotatable bonds is 6. The van der Waals surface area contributed by atoms with Crippen LogP contribution in [0.5, 0.6) is 11.5 Å². The minimum atomic E-state index is -0.424. The van der Waals surface area contributed by atoms with Gasteiger partial charge in [0.05, 0.1) is 38.2 Å². The molecular weight excluding hydrogens is 418 g/mol. The van der Waals surface area contributed by atoms with Crippen molar-refractivity contribution in [1.82, 2.24) is 10.2 Å². The fraction of sp³-hybridized carbons (Fsp3) is 0.500. The van der Waals surface area contributed by atoms with Crippen LogP contribution in [0.2, 0.25) is 0 Å². The van der Waals surface area contributed by atoms with Crippen molar-refractivity contribution in [1.29, 1.82) is 0 Å². The van der Waals surface area contributed by atoms with E-state index in [0.29, 0.717) is 29.6 Å². The van der Waals surface area contributed by atoms with Gasteiger partial charge in [0.15, 0.2) is 11.5 Å². The number of esters is 1. The van der Waals surface area contributed by atoms with Gasteiger partial charge in [0.25, 0.3) is 0 Å². The average Bonchev–Trinajstić information content (AvgIpc) is 3.09. The lowest BCUT2D eigenvalue weighted by Gasteiger charge is -2.32. The fourth-order valence-electron chi connectivity index (χ4n) is 4.24. The third kappa shape index (κ3) is 4.16. The zero-order chi connectivity index (χ0) is 22.1. The zero-order valence-electron chi connectivity index (χ0n) is 18.2. The van der Waals surface area contributed by atoms with Gasteiger partial charge in [-0.2, -0.15) is 0 Å². The summed E-state index contributed by atoms with van der Waals surface area (Å²) >= 11 is 1.33. The Hall–Kier alpha value is -2.52. The number of amides is 1. The van der Waals surface area contributed by atoms with E-state index in [1.165, 1.54) is 22.9 Å². The van der Waals surface area contributed by atoms with E-state index >= 15 is 0 Å². The molecule has 3 heterocycles. The number of hydrogen-bond donors (Lipinski definition) is 1. The van der Waals surface area contributed by atoms with Gasteiger partial charge < -0.3 is 19.5 Å². The number of carbonyl (C=O) groups excluding carboxylic acids is 2. The molecule has 1 N–H and O–H groups in total. The van der Waals surface area contributed by atoms with Crippen molar-refractivity contribution in [3.8, 4) is 11.5 Å². The van der Waals surface area contributed by atoms with Gasteiger partial charge in [-0.25, -0.2) is 4.79 Å². The highest BCUT2D eigenvalue weighted by Crippen LogP contribution is 2.44. The third-order valence-electron chi connectivity index (χ3n) is 5.81. The van der Waals surface area contributed by atoms with E-state index < -0.39 is 5.92 Å². The molecule has 0 saturated heterocycles. The standard InChI is InChI=1S/C22H27N3O5S/c1-5-30-22(27)19-12(2)18-20(26)23-17(24-21(18)31-19)11-25-7-6-13-8-15(28-3)16(29-4)9-14(13)10-25/h8-9,18,21H,5-7,10-11H2,1-4H3,(H,23,24,26).